The number of carbonyl (C=O) groups is 2. The molecule has 4 rings (SSSR count). The number of aliphatic hydroxyl groups is 1. The Morgan fingerprint density at radius 1 is 1.03 bits per heavy atom. The van der Waals surface area contributed by atoms with E-state index in [1.807, 2.05) is 19.9 Å². The second-order valence-corrected chi connectivity index (χ2v) is 8.48. The number of hydrogen-bond donors (Lipinski definition) is 1. The molecule has 0 spiro atoms. The minimum Gasteiger partial charge on any atom is -0.507 e. The highest BCUT2D eigenvalue weighted by Crippen LogP contribution is 2.42. The number of ether oxygens (including phenoxy) is 3. The lowest BCUT2D eigenvalue weighted by Gasteiger charge is -2.26. The van der Waals surface area contributed by atoms with E-state index in [1.54, 1.807) is 67.0 Å². The summed E-state index contributed by atoms with van der Waals surface area (Å²) in [5, 5.41) is 11.3. The molecule has 8 heteroatoms. The van der Waals surface area contributed by atoms with E-state index in [0.29, 0.717) is 41.6 Å². The lowest BCUT2D eigenvalue weighted by atomic mass is 9.94. The number of hydrogen-bond acceptors (Lipinski definition) is 7. The third-order valence-corrected chi connectivity index (χ3v) is 5.99. The number of pyridine rings is 1. The van der Waals surface area contributed by atoms with Gasteiger partial charge in [-0.05, 0) is 67.4 Å². The van der Waals surface area contributed by atoms with Crippen molar-refractivity contribution in [2.24, 2.45) is 0 Å². The molecule has 38 heavy (non-hydrogen) atoms. The van der Waals surface area contributed by atoms with Gasteiger partial charge in [-0.3, -0.25) is 14.6 Å². The van der Waals surface area contributed by atoms with Gasteiger partial charge < -0.3 is 24.2 Å². The molecule has 1 saturated heterocycles. The van der Waals surface area contributed by atoms with Crippen molar-refractivity contribution in [1.82, 2.24) is 9.88 Å². The lowest BCUT2D eigenvalue weighted by molar-refractivity contribution is -0.140. The number of rotatable bonds is 11. The van der Waals surface area contributed by atoms with Crippen LogP contribution in [0.25, 0.3) is 5.76 Å². The molecule has 1 unspecified atom stereocenters. The van der Waals surface area contributed by atoms with E-state index in [2.05, 4.69) is 11.6 Å². The van der Waals surface area contributed by atoms with E-state index in [-0.39, 0.29) is 24.5 Å². The van der Waals surface area contributed by atoms with Crippen LogP contribution in [-0.2, 0) is 16.1 Å². The number of Topliss-reactive ketones (excluding diaryl/α,β-unsaturated/α-hetero) is 1. The van der Waals surface area contributed by atoms with Gasteiger partial charge in [0, 0.05) is 24.5 Å². The van der Waals surface area contributed by atoms with E-state index in [1.165, 1.54) is 4.90 Å². The van der Waals surface area contributed by atoms with Crippen molar-refractivity contribution in [1.29, 1.82) is 0 Å². The summed E-state index contributed by atoms with van der Waals surface area (Å²) in [6.45, 7) is 8.71. The standard InChI is InChI=1S/C30H30N2O6/c1-4-16-38-24-14-11-22(17-25(24)37-6-3)27-26(28(33)21-9-12-23(13-10-21)36-5-2)29(34)30(35)32(27)19-20-8-7-15-31-18-20/h4,7-15,17-18,27,33H,1,5-6,16,19H2,2-3H3. The third-order valence-electron chi connectivity index (χ3n) is 5.99. The Kier molecular flexibility index (Phi) is 8.43. The first-order chi connectivity index (χ1) is 18.5. The number of nitrogens with zero attached hydrogens (tertiary/aromatic N) is 2. The highest BCUT2D eigenvalue weighted by Gasteiger charge is 2.46. The fourth-order valence-corrected chi connectivity index (χ4v) is 4.34. The smallest absolute Gasteiger partial charge is 0.295 e. The molecule has 1 amide bonds. The van der Waals surface area contributed by atoms with Crippen LogP contribution in [-0.4, -0.2) is 46.5 Å². The van der Waals surface area contributed by atoms with Crippen molar-refractivity contribution in [2.75, 3.05) is 19.8 Å². The average molecular weight is 515 g/mol. The van der Waals surface area contributed by atoms with E-state index in [9.17, 15) is 14.7 Å². The third kappa shape index (κ3) is 5.54. The molecular weight excluding hydrogens is 484 g/mol. The topological polar surface area (TPSA) is 98.2 Å². The molecule has 1 aromatic heterocycles. The number of likely N-dealkylation sites (tertiary alicyclic amines) is 1. The summed E-state index contributed by atoms with van der Waals surface area (Å²) >= 11 is 0. The largest absolute Gasteiger partial charge is 0.507 e. The van der Waals surface area contributed by atoms with Gasteiger partial charge >= 0.3 is 0 Å². The minimum absolute atomic E-state index is 0.00902. The predicted octanol–water partition coefficient (Wildman–Crippen LogP) is 5.07. The van der Waals surface area contributed by atoms with Crippen molar-refractivity contribution >= 4 is 17.4 Å². The van der Waals surface area contributed by atoms with Crippen molar-refractivity contribution in [3.05, 3.63) is 102 Å². The SMILES string of the molecule is C=CCOc1ccc(C2C(=C(O)c3ccc(OCC)cc3)C(=O)C(=O)N2Cc2cccnc2)cc1OCC. The minimum atomic E-state index is -0.866. The summed E-state index contributed by atoms with van der Waals surface area (Å²) in [6.07, 6.45) is 4.90. The van der Waals surface area contributed by atoms with E-state index >= 15 is 0 Å². The maximum Gasteiger partial charge on any atom is 0.295 e. The van der Waals surface area contributed by atoms with Gasteiger partial charge in [0.05, 0.1) is 24.8 Å². The summed E-state index contributed by atoms with van der Waals surface area (Å²) in [4.78, 5) is 32.3. The Morgan fingerprint density at radius 2 is 1.79 bits per heavy atom. The Bertz CT molecular complexity index is 1330. The maximum absolute atomic E-state index is 13.4. The Morgan fingerprint density at radius 3 is 2.45 bits per heavy atom. The summed E-state index contributed by atoms with van der Waals surface area (Å²) < 4.78 is 17.0. The second-order valence-electron chi connectivity index (χ2n) is 8.48. The van der Waals surface area contributed by atoms with Crippen molar-refractivity contribution in [3.8, 4) is 17.2 Å². The molecule has 1 aliphatic heterocycles. The second kappa shape index (κ2) is 12.1. The normalized spacial score (nSPS) is 16.4. The first kappa shape index (κ1) is 26.5. The van der Waals surface area contributed by atoms with Crippen LogP contribution in [0, 0.1) is 0 Å². The molecule has 3 aromatic rings. The van der Waals surface area contributed by atoms with Crippen LogP contribution in [0.15, 0.2) is 85.2 Å². The monoisotopic (exact) mass is 514 g/mol. The number of carbonyl (C=O) groups excluding carboxylic acids is 2. The van der Waals surface area contributed by atoms with Crippen LogP contribution in [0.1, 0.15) is 36.6 Å². The molecule has 1 atom stereocenters. The first-order valence-electron chi connectivity index (χ1n) is 12.4. The highest BCUT2D eigenvalue weighted by atomic mass is 16.5. The maximum atomic E-state index is 13.4. The highest BCUT2D eigenvalue weighted by molar-refractivity contribution is 6.46. The molecule has 2 heterocycles. The molecule has 1 aliphatic rings. The number of ketones is 1. The van der Waals surface area contributed by atoms with Gasteiger partial charge in [0.2, 0.25) is 0 Å². The van der Waals surface area contributed by atoms with Crippen LogP contribution in [0.3, 0.4) is 0 Å². The lowest BCUT2D eigenvalue weighted by Crippen LogP contribution is -2.29. The van der Waals surface area contributed by atoms with Crippen LogP contribution < -0.4 is 14.2 Å². The van der Waals surface area contributed by atoms with Crippen LogP contribution in [0.2, 0.25) is 0 Å². The molecule has 196 valence electrons. The summed E-state index contributed by atoms with van der Waals surface area (Å²) in [5.41, 5.74) is 1.73. The van der Waals surface area contributed by atoms with E-state index in [4.69, 9.17) is 14.2 Å². The Balaban J connectivity index is 1.84. The van der Waals surface area contributed by atoms with Crippen LogP contribution in [0.5, 0.6) is 17.2 Å². The molecule has 0 aliphatic carbocycles. The quantitative estimate of drug-likeness (QED) is 0.165. The van der Waals surface area contributed by atoms with Gasteiger partial charge in [0.25, 0.3) is 11.7 Å². The molecule has 1 N–H and O–H groups in total. The van der Waals surface area contributed by atoms with Gasteiger partial charge in [0.1, 0.15) is 18.1 Å². The summed E-state index contributed by atoms with van der Waals surface area (Å²) in [6, 6.07) is 14.7. The Labute approximate surface area is 221 Å². The van der Waals surface area contributed by atoms with Crippen molar-refractivity contribution in [3.63, 3.8) is 0 Å². The van der Waals surface area contributed by atoms with Gasteiger partial charge in [0.15, 0.2) is 11.5 Å². The summed E-state index contributed by atoms with van der Waals surface area (Å²) in [7, 11) is 0. The van der Waals surface area contributed by atoms with Gasteiger partial charge in [-0.1, -0.05) is 24.8 Å². The van der Waals surface area contributed by atoms with Gasteiger partial charge in [-0.25, -0.2) is 0 Å². The zero-order valence-electron chi connectivity index (χ0n) is 21.4. The first-order valence-corrected chi connectivity index (χ1v) is 12.4. The molecule has 0 saturated carbocycles. The molecule has 1 fully saturated rings. The molecule has 0 radical (unpaired) electrons. The predicted molar refractivity (Wildman–Crippen MR) is 143 cm³/mol. The van der Waals surface area contributed by atoms with Crippen molar-refractivity contribution in [2.45, 2.75) is 26.4 Å². The fourth-order valence-electron chi connectivity index (χ4n) is 4.34. The van der Waals surface area contributed by atoms with Crippen LogP contribution >= 0.6 is 0 Å². The number of benzene rings is 2. The van der Waals surface area contributed by atoms with Crippen molar-refractivity contribution < 1.29 is 28.9 Å². The van der Waals surface area contributed by atoms with Gasteiger partial charge in [-0.15, -0.1) is 0 Å². The molecular formula is C30H30N2O6. The van der Waals surface area contributed by atoms with E-state index in [0.717, 1.165) is 5.56 Å². The molecule has 8 nitrogen and oxygen atoms in total. The van der Waals surface area contributed by atoms with Gasteiger partial charge in [-0.2, -0.15) is 0 Å². The zero-order valence-corrected chi connectivity index (χ0v) is 21.4. The number of amides is 1. The zero-order chi connectivity index (χ0) is 27.1. The molecule has 0 bridgehead atoms. The Hall–Kier alpha value is -4.59. The van der Waals surface area contributed by atoms with Crippen LogP contribution in [0.4, 0.5) is 0 Å². The fraction of sp³-hybridized carbons (Fsp3) is 0.233. The number of aromatic nitrogens is 1. The number of aliphatic hydroxyl groups excluding tert-OH is 1. The van der Waals surface area contributed by atoms with E-state index < -0.39 is 17.7 Å². The molecule has 2 aromatic carbocycles. The average Bonchev–Trinajstić information content (AvgIpc) is 3.18. The summed E-state index contributed by atoms with van der Waals surface area (Å²) in [5.74, 6) is -0.151.